The number of ether oxygens (including phenoxy) is 3. The number of nitrogens with one attached hydrogen (secondary N) is 1. The molecule has 9 nitrogen and oxygen atoms in total. The van der Waals surface area contributed by atoms with Crippen molar-refractivity contribution >= 4 is 34.4 Å². The highest BCUT2D eigenvalue weighted by molar-refractivity contribution is 6.51. The number of anilines is 1. The number of amides is 1. The van der Waals surface area contributed by atoms with Crippen molar-refractivity contribution in [1.29, 1.82) is 0 Å². The second kappa shape index (κ2) is 10.5. The summed E-state index contributed by atoms with van der Waals surface area (Å²) in [6, 6.07) is 18.3. The highest BCUT2D eigenvalue weighted by Crippen LogP contribution is 2.44. The highest BCUT2D eigenvalue weighted by atomic mass is 16.5. The number of imidazole rings is 1. The lowest BCUT2D eigenvalue weighted by Crippen LogP contribution is -2.30. The number of hydrogen-bond donors (Lipinski definition) is 2. The minimum atomic E-state index is -0.995. The van der Waals surface area contributed by atoms with Crippen molar-refractivity contribution in [3.05, 3.63) is 83.4 Å². The maximum atomic E-state index is 13.6. The van der Waals surface area contributed by atoms with E-state index in [-0.39, 0.29) is 23.4 Å². The molecular formula is C30H29N3O6. The standard InChI is InChI=1S/C30H29N3O6/c1-5-38-24-16-18(13-14-23(24)37-4)26-25(27(34)19-9-8-10-20(15-19)39-17(2)3)28(35)29(36)33(26)30-31-21-11-6-7-12-22(21)32-30/h6-17,26,34H,5H2,1-4H3,(H,31,32)/b27-25+. The summed E-state index contributed by atoms with van der Waals surface area (Å²) >= 11 is 0. The molecule has 200 valence electrons. The van der Waals surface area contributed by atoms with E-state index in [1.54, 1.807) is 42.5 Å². The zero-order chi connectivity index (χ0) is 27.7. The van der Waals surface area contributed by atoms with Crippen LogP contribution in [0.1, 0.15) is 37.9 Å². The SMILES string of the molecule is CCOc1cc(C2/C(=C(\O)c3cccc(OC(C)C)c3)C(=O)C(=O)N2c2nc3ccccc3[nH]2)ccc1OC. The van der Waals surface area contributed by atoms with Gasteiger partial charge in [0.15, 0.2) is 11.5 Å². The van der Waals surface area contributed by atoms with Crippen LogP contribution < -0.4 is 19.1 Å². The number of carbonyl (C=O) groups is 2. The Labute approximate surface area is 225 Å². The van der Waals surface area contributed by atoms with E-state index < -0.39 is 17.7 Å². The molecule has 2 N–H and O–H groups in total. The average molecular weight is 528 g/mol. The number of aromatic nitrogens is 2. The lowest BCUT2D eigenvalue weighted by atomic mass is 9.95. The van der Waals surface area contributed by atoms with E-state index in [2.05, 4.69) is 9.97 Å². The Morgan fingerprint density at radius 1 is 1.05 bits per heavy atom. The number of ketones is 1. The van der Waals surface area contributed by atoms with E-state index in [1.807, 2.05) is 45.0 Å². The third-order valence-electron chi connectivity index (χ3n) is 6.33. The van der Waals surface area contributed by atoms with Gasteiger partial charge in [-0.3, -0.25) is 14.5 Å². The summed E-state index contributed by atoms with van der Waals surface area (Å²) < 4.78 is 17.0. The number of Topliss-reactive ketones (excluding diaryl/α,β-unsaturated/α-hetero) is 1. The first kappa shape index (κ1) is 25.8. The largest absolute Gasteiger partial charge is 0.507 e. The first-order chi connectivity index (χ1) is 18.8. The molecule has 0 spiro atoms. The summed E-state index contributed by atoms with van der Waals surface area (Å²) in [6.45, 7) is 6.01. The zero-order valence-corrected chi connectivity index (χ0v) is 22.1. The molecule has 0 bridgehead atoms. The number of nitrogens with zero attached hydrogens (tertiary/aromatic N) is 2. The molecule has 0 radical (unpaired) electrons. The van der Waals surface area contributed by atoms with Crippen molar-refractivity contribution in [2.24, 2.45) is 0 Å². The summed E-state index contributed by atoms with van der Waals surface area (Å²) in [5.74, 6) is -0.307. The van der Waals surface area contributed by atoms with Crippen LogP contribution in [0.5, 0.6) is 17.2 Å². The topological polar surface area (TPSA) is 114 Å². The number of hydrogen-bond acceptors (Lipinski definition) is 7. The number of aliphatic hydroxyl groups excluding tert-OH is 1. The second-order valence-electron chi connectivity index (χ2n) is 9.28. The lowest BCUT2D eigenvalue weighted by molar-refractivity contribution is -0.132. The fraction of sp³-hybridized carbons (Fsp3) is 0.233. The van der Waals surface area contributed by atoms with Crippen molar-refractivity contribution in [2.75, 3.05) is 18.6 Å². The van der Waals surface area contributed by atoms with Gasteiger partial charge in [0.2, 0.25) is 5.95 Å². The molecule has 0 saturated carbocycles. The number of fused-ring (bicyclic) bond motifs is 1. The summed E-state index contributed by atoms with van der Waals surface area (Å²) in [7, 11) is 1.53. The molecule has 1 atom stereocenters. The number of H-pyrrole nitrogens is 1. The molecule has 4 aromatic rings. The molecule has 1 saturated heterocycles. The van der Waals surface area contributed by atoms with Gasteiger partial charge >= 0.3 is 5.91 Å². The molecule has 1 aromatic heterocycles. The predicted molar refractivity (Wildman–Crippen MR) is 147 cm³/mol. The van der Waals surface area contributed by atoms with Crippen molar-refractivity contribution in [3.63, 3.8) is 0 Å². The molecule has 5 rings (SSSR count). The number of aromatic amines is 1. The van der Waals surface area contributed by atoms with Gasteiger partial charge in [-0.05, 0) is 62.7 Å². The lowest BCUT2D eigenvalue weighted by Gasteiger charge is -2.24. The first-order valence-corrected chi connectivity index (χ1v) is 12.7. The predicted octanol–water partition coefficient (Wildman–Crippen LogP) is 5.38. The Bertz CT molecular complexity index is 1560. The maximum Gasteiger partial charge on any atom is 0.302 e. The zero-order valence-electron chi connectivity index (χ0n) is 22.1. The van der Waals surface area contributed by atoms with E-state index in [9.17, 15) is 14.7 Å². The molecule has 1 amide bonds. The van der Waals surface area contributed by atoms with Crippen molar-refractivity contribution in [2.45, 2.75) is 32.9 Å². The average Bonchev–Trinajstić information content (AvgIpc) is 3.46. The van der Waals surface area contributed by atoms with Gasteiger partial charge in [-0.2, -0.15) is 0 Å². The van der Waals surface area contributed by atoms with Crippen LogP contribution in [0.15, 0.2) is 72.3 Å². The minimum Gasteiger partial charge on any atom is -0.507 e. The Morgan fingerprint density at radius 3 is 2.56 bits per heavy atom. The molecule has 39 heavy (non-hydrogen) atoms. The molecule has 3 aromatic carbocycles. The summed E-state index contributed by atoms with van der Waals surface area (Å²) in [4.78, 5) is 36.1. The molecule has 1 fully saturated rings. The molecule has 1 unspecified atom stereocenters. The number of methoxy groups -OCH3 is 1. The van der Waals surface area contributed by atoms with E-state index in [4.69, 9.17) is 14.2 Å². The van der Waals surface area contributed by atoms with Gasteiger partial charge < -0.3 is 24.3 Å². The van der Waals surface area contributed by atoms with Crippen LogP contribution in [0.25, 0.3) is 16.8 Å². The van der Waals surface area contributed by atoms with Crippen molar-refractivity contribution < 1.29 is 28.9 Å². The van der Waals surface area contributed by atoms with Gasteiger partial charge in [-0.15, -0.1) is 0 Å². The van der Waals surface area contributed by atoms with Crippen LogP contribution in [0.3, 0.4) is 0 Å². The number of para-hydroxylation sites is 2. The smallest absolute Gasteiger partial charge is 0.302 e. The fourth-order valence-electron chi connectivity index (χ4n) is 4.70. The third-order valence-corrected chi connectivity index (χ3v) is 6.33. The van der Waals surface area contributed by atoms with E-state index in [0.717, 1.165) is 0 Å². The van der Waals surface area contributed by atoms with Gasteiger partial charge in [-0.25, -0.2) is 4.98 Å². The first-order valence-electron chi connectivity index (χ1n) is 12.7. The third kappa shape index (κ3) is 4.79. The number of carbonyl (C=O) groups excluding carboxylic acids is 2. The second-order valence-corrected chi connectivity index (χ2v) is 9.28. The van der Waals surface area contributed by atoms with Gasteiger partial charge in [0, 0.05) is 5.56 Å². The van der Waals surface area contributed by atoms with Gasteiger partial charge in [0.1, 0.15) is 11.5 Å². The van der Waals surface area contributed by atoms with E-state index in [0.29, 0.717) is 46.0 Å². The Hall–Kier alpha value is -4.79. The molecule has 1 aliphatic rings. The van der Waals surface area contributed by atoms with Crippen LogP contribution in [0.2, 0.25) is 0 Å². The fourth-order valence-corrected chi connectivity index (χ4v) is 4.70. The van der Waals surface area contributed by atoms with Gasteiger partial charge in [0.05, 0.1) is 42.5 Å². The van der Waals surface area contributed by atoms with Gasteiger partial charge in [-0.1, -0.05) is 30.3 Å². The van der Waals surface area contributed by atoms with Crippen molar-refractivity contribution in [1.82, 2.24) is 9.97 Å². The monoisotopic (exact) mass is 527 g/mol. The molecule has 9 heteroatoms. The van der Waals surface area contributed by atoms with Crippen LogP contribution in [0.4, 0.5) is 5.95 Å². The van der Waals surface area contributed by atoms with Crippen molar-refractivity contribution in [3.8, 4) is 17.2 Å². The minimum absolute atomic E-state index is 0.0743. The molecule has 2 heterocycles. The summed E-state index contributed by atoms with van der Waals surface area (Å²) in [6.07, 6.45) is -0.0858. The molecule has 0 aliphatic carbocycles. The summed E-state index contributed by atoms with van der Waals surface area (Å²) in [5.41, 5.74) is 2.15. The van der Waals surface area contributed by atoms with Crippen LogP contribution in [-0.2, 0) is 9.59 Å². The summed E-state index contributed by atoms with van der Waals surface area (Å²) in [5, 5.41) is 11.5. The quantitative estimate of drug-likeness (QED) is 0.180. The van der Waals surface area contributed by atoms with E-state index >= 15 is 0 Å². The maximum absolute atomic E-state index is 13.6. The Morgan fingerprint density at radius 2 is 1.85 bits per heavy atom. The number of aliphatic hydroxyl groups is 1. The Kier molecular flexibility index (Phi) is 6.98. The van der Waals surface area contributed by atoms with E-state index in [1.165, 1.54) is 12.0 Å². The number of rotatable bonds is 8. The van der Waals surface area contributed by atoms with Crippen LogP contribution in [-0.4, -0.2) is 46.6 Å². The van der Waals surface area contributed by atoms with Crippen LogP contribution >= 0.6 is 0 Å². The van der Waals surface area contributed by atoms with Gasteiger partial charge in [0.25, 0.3) is 5.78 Å². The molecule has 1 aliphatic heterocycles. The Balaban J connectivity index is 1.72. The highest BCUT2D eigenvalue weighted by Gasteiger charge is 2.48. The number of benzene rings is 3. The molecular weight excluding hydrogens is 498 g/mol. The van der Waals surface area contributed by atoms with Crippen LogP contribution in [0, 0.1) is 0 Å². The normalized spacial score (nSPS) is 16.7.